The Morgan fingerprint density at radius 2 is 2.40 bits per heavy atom. The van der Waals surface area contributed by atoms with Crippen molar-refractivity contribution in [1.82, 2.24) is 14.8 Å². The molecule has 2 heterocycles. The molecule has 7 nitrogen and oxygen atoms in total. The van der Waals surface area contributed by atoms with Crippen molar-refractivity contribution < 1.29 is 9.53 Å². The van der Waals surface area contributed by atoms with E-state index in [9.17, 15) is 4.79 Å². The predicted molar refractivity (Wildman–Crippen MR) is 70.6 cm³/mol. The summed E-state index contributed by atoms with van der Waals surface area (Å²) in [5, 5.41) is 12.9. The number of esters is 1. The zero-order chi connectivity index (χ0) is 14.5. The molecule has 0 bridgehead atoms. The molecule has 0 fully saturated rings. The van der Waals surface area contributed by atoms with Crippen LogP contribution in [0.4, 0.5) is 5.69 Å². The molecule has 2 N–H and O–H groups in total. The number of nitriles is 1. The maximum atomic E-state index is 11.6. The molecule has 20 heavy (non-hydrogen) atoms. The van der Waals surface area contributed by atoms with Crippen LogP contribution in [-0.4, -0.2) is 27.3 Å². The van der Waals surface area contributed by atoms with E-state index in [-0.39, 0.29) is 18.0 Å². The van der Waals surface area contributed by atoms with Gasteiger partial charge in [-0.25, -0.2) is 9.78 Å². The van der Waals surface area contributed by atoms with Crippen LogP contribution < -0.4 is 5.73 Å². The number of ether oxygens (including phenoxy) is 1. The lowest BCUT2D eigenvalue weighted by Gasteiger charge is -2.01. The molecular weight excluding hydrogens is 258 g/mol. The normalized spacial score (nSPS) is 10.0. The number of nitrogens with two attached hydrogens (primary N) is 1. The van der Waals surface area contributed by atoms with Crippen LogP contribution in [0.25, 0.3) is 0 Å². The summed E-state index contributed by atoms with van der Waals surface area (Å²) in [6, 6.07) is 5.39. The molecule has 0 unspecified atom stereocenters. The van der Waals surface area contributed by atoms with E-state index in [2.05, 4.69) is 10.1 Å². The number of hydrogen-bond donors (Lipinski definition) is 1. The molecule has 2 rings (SSSR count). The summed E-state index contributed by atoms with van der Waals surface area (Å²) in [6.45, 7) is 2.37. The van der Waals surface area contributed by atoms with Gasteiger partial charge in [0, 0.05) is 12.4 Å². The van der Waals surface area contributed by atoms with Crippen LogP contribution in [0.2, 0.25) is 0 Å². The van der Waals surface area contributed by atoms with E-state index in [1.807, 2.05) is 6.07 Å². The summed E-state index contributed by atoms with van der Waals surface area (Å²) in [5.74, 6) is -0.545. The molecular formula is C13H13N5O2. The van der Waals surface area contributed by atoms with Crippen LogP contribution in [0.3, 0.4) is 0 Å². The summed E-state index contributed by atoms with van der Waals surface area (Å²) in [6.07, 6.45) is 3.10. The minimum absolute atomic E-state index is 0.0985. The van der Waals surface area contributed by atoms with Gasteiger partial charge in [0.15, 0.2) is 5.69 Å². The molecule has 0 aliphatic carbocycles. The van der Waals surface area contributed by atoms with E-state index in [4.69, 9.17) is 15.7 Å². The topological polar surface area (TPSA) is 107 Å². The van der Waals surface area contributed by atoms with Crippen molar-refractivity contribution >= 4 is 11.7 Å². The Bertz CT molecular complexity index is 672. The average molecular weight is 271 g/mol. The maximum Gasteiger partial charge on any atom is 0.361 e. The van der Waals surface area contributed by atoms with Crippen LogP contribution in [0.1, 0.15) is 28.7 Å². The Balaban J connectivity index is 2.20. The Hall–Kier alpha value is -2.88. The Morgan fingerprint density at radius 1 is 1.60 bits per heavy atom. The maximum absolute atomic E-state index is 11.6. The Morgan fingerprint density at radius 3 is 3.10 bits per heavy atom. The van der Waals surface area contributed by atoms with E-state index >= 15 is 0 Å². The molecule has 102 valence electrons. The smallest absolute Gasteiger partial charge is 0.361 e. The van der Waals surface area contributed by atoms with Crippen LogP contribution in [0.15, 0.2) is 24.5 Å². The highest BCUT2D eigenvalue weighted by molar-refractivity contribution is 5.92. The molecule has 0 amide bonds. The van der Waals surface area contributed by atoms with E-state index in [0.29, 0.717) is 12.2 Å². The molecule has 0 aliphatic heterocycles. The molecule has 0 saturated heterocycles. The number of nitrogens with zero attached hydrogens (tertiary/aromatic N) is 4. The van der Waals surface area contributed by atoms with Gasteiger partial charge < -0.3 is 10.5 Å². The van der Waals surface area contributed by atoms with Gasteiger partial charge in [-0.05, 0) is 24.6 Å². The Labute approximate surface area is 115 Å². The number of nitrogen functional groups attached to an aromatic ring is 1. The van der Waals surface area contributed by atoms with Crippen molar-refractivity contribution in [2.45, 2.75) is 13.5 Å². The summed E-state index contributed by atoms with van der Waals surface area (Å²) >= 11 is 0. The van der Waals surface area contributed by atoms with Gasteiger partial charge in [-0.1, -0.05) is 0 Å². The standard InChI is InChI=1S/C13H13N5O2/c1-2-20-13(19)12-11(15)8-18(17-12)7-9-3-4-16-10(5-9)6-14/h3-5,8H,2,7,15H2,1H3. The van der Waals surface area contributed by atoms with Crippen LogP contribution in [0, 0.1) is 11.3 Å². The Kier molecular flexibility index (Phi) is 3.96. The lowest BCUT2D eigenvalue weighted by Crippen LogP contribution is -2.09. The zero-order valence-electron chi connectivity index (χ0n) is 10.9. The number of aromatic nitrogens is 3. The van der Waals surface area contributed by atoms with E-state index < -0.39 is 5.97 Å². The molecule has 0 saturated carbocycles. The average Bonchev–Trinajstić information content (AvgIpc) is 2.80. The van der Waals surface area contributed by atoms with Gasteiger partial charge in [0.25, 0.3) is 0 Å². The van der Waals surface area contributed by atoms with Gasteiger partial charge in [-0.3, -0.25) is 4.68 Å². The number of rotatable bonds is 4. The highest BCUT2D eigenvalue weighted by Crippen LogP contribution is 2.12. The first-order chi connectivity index (χ1) is 9.63. The fourth-order valence-electron chi connectivity index (χ4n) is 1.70. The molecule has 0 aromatic carbocycles. The van der Waals surface area contributed by atoms with Gasteiger partial charge in [-0.15, -0.1) is 0 Å². The molecule has 7 heteroatoms. The van der Waals surface area contributed by atoms with Crippen molar-refractivity contribution in [1.29, 1.82) is 5.26 Å². The first kappa shape index (κ1) is 13.5. The van der Waals surface area contributed by atoms with Crippen molar-refractivity contribution in [3.8, 4) is 6.07 Å². The minimum Gasteiger partial charge on any atom is -0.461 e. The van der Waals surface area contributed by atoms with Crippen molar-refractivity contribution in [3.05, 3.63) is 41.5 Å². The molecule has 2 aromatic heterocycles. The summed E-state index contributed by atoms with van der Waals surface area (Å²) < 4.78 is 6.39. The summed E-state index contributed by atoms with van der Waals surface area (Å²) in [5.41, 5.74) is 7.26. The SMILES string of the molecule is CCOC(=O)c1nn(Cc2ccnc(C#N)c2)cc1N. The predicted octanol–water partition coefficient (Wildman–Crippen LogP) is 0.957. The molecule has 0 radical (unpaired) electrons. The van der Waals surface area contributed by atoms with Crippen molar-refractivity contribution in [2.75, 3.05) is 12.3 Å². The fourth-order valence-corrected chi connectivity index (χ4v) is 1.70. The minimum atomic E-state index is -0.545. The second-order valence-corrected chi connectivity index (χ2v) is 4.01. The summed E-state index contributed by atoms with van der Waals surface area (Å²) in [4.78, 5) is 15.5. The number of carbonyl (C=O) groups excluding carboxylic acids is 1. The quantitative estimate of drug-likeness (QED) is 0.830. The fraction of sp³-hybridized carbons (Fsp3) is 0.231. The first-order valence-electron chi connectivity index (χ1n) is 5.99. The monoisotopic (exact) mass is 271 g/mol. The molecule has 2 aromatic rings. The van der Waals surface area contributed by atoms with E-state index in [0.717, 1.165) is 5.56 Å². The highest BCUT2D eigenvalue weighted by Gasteiger charge is 2.15. The number of pyridine rings is 1. The largest absolute Gasteiger partial charge is 0.461 e. The van der Waals surface area contributed by atoms with E-state index in [1.165, 1.54) is 4.68 Å². The zero-order valence-corrected chi connectivity index (χ0v) is 10.9. The highest BCUT2D eigenvalue weighted by atomic mass is 16.5. The van der Waals surface area contributed by atoms with Crippen molar-refractivity contribution in [3.63, 3.8) is 0 Å². The lowest BCUT2D eigenvalue weighted by molar-refractivity contribution is 0.0519. The van der Waals surface area contributed by atoms with Gasteiger partial charge >= 0.3 is 5.97 Å². The first-order valence-corrected chi connectivity index (χ1v) is 5.99. The van der Waals surface area contributed by atoms with Crippen LogP contribution >= 0.6 is 0 Å². The molecule has 0 spiro atoms. The number of anilines is 1. The van der Waals surface area contributed by atoms with Crippen LogP contribution in [0.5, 0.6) is 0 Å². The third-order valence-electron chi connectivity index (χ3n) is 2.54. The second kappa shape index (κ2) is 5.84. The second-order valence-electron chi connectivity index (χ2n) is 4.01. The number of carbonyl (C=O) groups is 1. The van der Waals surface area contributed by atoms with Gasteiger partial charge in [-0.2, -0.15) is 10.4 Å². The lowest BCUT2D eigenvalue weighted by atomic mass is 10.2. The van der Waals surface area contributed by atoms with Gasteiger partial charge in [0.2, 0.25) is 0 Å². The molecule has 0 atom stereocenters. The van der Waals surface area contributed by atoms with Crippen LogP contribution in [-0.2, 0) is 11.3 Å². The number of hydrogen-bond acceptors (Lipinski definition) is 6. The third kappa shape index (κ3) is 2.92. The van der Waals surface area contributed by atoms with E-state index in [1.54, 1.807) is 31.5 Å². The van der Waals surface area contributed by atoms with Gasteiger partial charge in [0.1, 0.15) is 11.8 Å². The molecule has 0 aliphatic rings. The summed E-state index contributed by atoms with van der Waals surface area (Å²) in [7, 11) is 0. The van der Waals surface area contributed by atoms with Crippen molar-refractivity contribution in [2.24, 2.45) is 0 Å². The third-order valence-corrected chi connectivity index (χ3v) is 2.54. The van der Waals surface area contributed by atoms with Gasteiger partial charge in [0.05, 0.1) is 18.8 Å².